The molecule has 2 amide bonds. The van der Waals surface area contributed by atoms with E-state index in [9.17, 15) is 9.59 Å². The molecule has 0 radical (unpaired) electrons. The number of hydrogen-bond acceptors (Lipinski definition) is 2. The summed E-state index contributed by atoms with van der Waals surface area (Å²) in [5.41, 5.74) is 0.959. The highest BCUT2D eigenvalue weighted by Crippen LogP contribution is 2.26. The van der Waals surface area contributed by atoms with E-state index in [1.165, 1.54) is 6.92 Å². The van der Waals surface area contributed by atoms with Crippen LogP contribution in [0.1, 0.15) is 31.7 Å². The minimum Gasteiger partial charge on any atom is -0.354 e. The van der Waals surface area contributed by atoms with E-state index in [-0.39, 0.29) is 17.7 Å². The molecule has 2 rings (SSSR count). The van der Waals surface area contributed by atoms with Gasteiger partial charge in [-0.05, 0) is 37.0 Å². The molecule has 0 aromatic heterocycles. The Balaban J connectivity index is 1.79. The van der Waals surface area contributed by atoms with Crippen LogP contribution in [0.25, 0.3) is 0 Å². The van der Waals surface area contributed by atoms with Crippen molar-refractivity contribution in [2.75, 3.05) is 19.6 Å². The van der Waals surface area contributed by atoms with Gasteiger partial charge in [-0.3, -0.25) is 9.59 Å². The first-order valence-corrected chi connectivity index (χ1v) is 8.70. The molecule has 1 aromatic rings. The molecule has 0 heterocycles. The molecule has 1 aromatic carbocycles. The van der Waals surface area contributed by atoms with Gasteiger partial charge in [0.25, 0.3) is 0 Å². The predicted octanol–water partition coefficient (Wildman–Crippen LogP) is 3.30. The summed E-state index contributed by atoms with van der Waals surface area (Å²) in [5, 5.41) is 4.12. The van der Waals surface area contributed by atoms with Crippen molar-refractivity contribution < 1.29 is 9.59 Å². The maximum absolute atomic E-state index is 11.8. The number of carbonyl (C=O) groups is 2. The Bertz CT molecular complexity index is 574. The highest BCUT2D eigenvalue weighted by atomic mass is 35.5. The topological polar surface area (TPSA) is 49.4 Å². The monoisotopic (exact) mass is 356 g/mol. The first-order valence-electron chi connectivity index (χ1n) is 7.94. The Morgan fingerprint density at radius 1 is 1.26 bits per heavy atom. The quantitative estimate of drug-likeness (QED) is 0.814. The molecule has 0 spiro atoms. The number of nitrogens with zero attached hydrogens (tertiary/aromatic N) is 1. The number of rotatable bonds is 7. The molecule has 1 N–H and O–H groups in total. The first kappa shape index (κ1) is 18.1. The number of benzene rings is 1. The van der Waals surface area contributed by atoms with Crippen LogP contribution in [0.5, 0.6) is 0 Å². The fourth-order valence-electron chi connectivity index (χ4n) is 2.54. The minimum absolute atomic E-state index is 0.00650. The Hall–Kier alpha value is -1.26. The summed E-state index contributed by atoms with van der Waals surface area (Å²) in [7, 11) is 0. The summed E-state index contributed by atoms with van der Waals surface area (Å²) in [6.45, 7) is 3.11. The van der Waals surface area contributed by atoms with Gasteiger partial charge >= 0.3 is 0 Å². The van der Waals surface area contributed by atoms with Gasteiger partial charge in [0.05, 0.1) is 0 Å². The zero-order valence-corrected chi connectivity index (χ0v) is 14.8. The van der Waals surface area contributed by atoms with Crippen LogP contribution in [0.4, 0.5) is 0 Å². The zero-order chi connectivity index (χ0) is 16.8. The van der Waals surface area contributed by atoms with Crippen molar-refractivity contribution >= 4 is 35.0 Å². The minimum atomic E-state index is -0.00650. The van der Waals surface area contributed by atoms with Crippen molar-refractivity contribution in [1.82, 2.24) is 10.2 Å². The van der Waals surface area contributed by atoms with Gasteiger partial charge in [-0.25, -0.2) is 0 Å². The number of amides is 2. The van der Waals surface area contributed by atoms with Crippen molar-refractivity contribution in [3.8, 4) is 0 Å². The lowest BCUT2D eigenvalue weighted by molar-refractivity contribution is -0.130. The maximum Gasteiger partial charge on any atom is 0.223 e. The zero-order valence-electron chi connectivity index (χ0n) is 13.3. The van der Waals surface area contributed by atoms with Gasteiger partial charge in [-0.15, -0.1) is 0 Å². The molecule has 0 unspecified atom stereocenters. The standard InChI is InChI=1S/C17H22Cl2N2O2/c1-12(22)21(10-8-20-17(23)14-3-2-4-14)9-7-13-5-6-15(18)11-16(13)19/h5-6,11,14H,2-4,7-10H2,1H3,(H,20,23). The van der Waals surface area contributed by atoms with Crippen LogP contribution in [0.15, 0.2) is 18.2 Å². The highest BCUT2D eigenvalue weighted by molar-refractivity contribution is 6.35. The molecule has 0 saturated heterocycles. The number of hydrogen-bond donors (Lipinski definition) is 1. The van der Waals surface area contributed by atoms with Crippen LogP contribution >= 0.6 is 23.2 Å². The summed E-state index contributed by atoms with van der Waals surface area (Å²) in [5.74, 6) is 0.280. The average Bonchev–Trinajstić information content (AvgIpc) is 2.42. The SMILES string of the molecule is CC(=O)N(CCNC(=O)C1CCC1)CCc1ccc(Cl)cc1Cl. The normalized spacial score (nSPS) is 14.2. The molecule has 1 aliphatic carbocycles. The molecule has 1 saturated carbocycles. The molecule has 0 bridgehead atoms. The van der Waals surface area contributed by atoms with E-state index in [0.717, 1.165) is 24.8 Å². The molecule has 4 nitrogen and oxygen atoms in total. The average molecular weight is 357 g/mol. The second kappa shape index (κ2) is 8.55. The molecule has 1 fully saturated rings. The van der Waals surface area contributed by atoms with Crippen molar-refractivity contribution in [3.05, 3.63) is 33.8 Å². The van der Waals surface area contributed by atoms with Gasteiger partial charge < -0.3 is 10.2 Å². The van der Waals surface area contributed by atoms with Gasteiger partial charge in [0.2, 0.25) is 11.8 Å². The second-order valence-electron chi connectivity index (χ2n) is 5.91. The number of halogens is 2. The van der Waals surface area contributed by atoms with Crippen molar-refractivity contribution in [2.45, 2.75) is 32.6 Å². The van der Waals surface area contributed by atoms with E-state index in [0.29, 0.717) is 36.1 Å². The lowest BCUT2D eigenvalue weighted by atomic mass is 9.85. The van der Waals surface area contributed by atoms with Crippen LogP contribution < -0.4 is 5.32 Å². The Labute approximate surface area is 147 Å². The van der Waals surface area contributed by atoms with E-state index in [1.807, 2.05) is 6.07 Å². The van der Waals surface area contributed by atoms with E-state index in [4.69, 9.17) is 23.2 Å². The molecular weight excluding hydrogens is 335 g/mol. The van der Waals surface area contributed by atoms with Crippen LogP contribution in [0.3, 0.4) is 0 Å². The third-order valence-electron chi connectivity index (χ3n) is 4.27. The van der Waals surface area contributed by atoms with E-state index < -0.39 is 0 Å². The van der Waals surface area contributed by atoms with Crippen molar-refractivity contribution in [1.29, 1.82) is 0 Å². The molecule has 23 heavy (non-hydrogen) atoms. The van der Waals surface area contributed by atoms with Gasteiger partial charge in [-0.2, -0.15) is 0 Å². The van der Waals surface area contributed by atoms with Crippen molar-refractivity contribution in [3.63, 3.8) is 0 Å². The van der Waals surface area contributed by atoms with Gasteiger partial charge in [0.15, 0.2) is 0 Å². The lowest BCUT2D eigenvalue weighted by Gasteiger charge is -2.26. The molecule has 126 valence electrons. The van der Waals surface area contributed by atoms with E-state index >= 15 is 0 Å². The molecule has 1 aliphatic rings. The second-order valence-corrected chi connectivity index (χ2v) is 6.75. The first-order chi connectivity index (χ1) is 11.0. The molecule has 6 heteroatoms. The summed E-state index contributed by atoms with van der Waals surface area (Å²) in [6, 6.07) is 5.37. The smallest absolute Gasteiger partial charge is 0.223 e. The Kier molecular flexibility index (Phi) is 6.72. The lowest BCUT2D eigenvalue weighted by Crippen LogP contribution is -2.41. The van der Waals surface area contributed by atoms with E-state index in [1.54, 1.807) is 17.0 Å². The Morgan fingerprint density at radius 3 is 2.57 bits per heavy atom. The van der Waals surface area contributed by atoms with Gasteiger partial charge in [-0.1, -0.05) is 35.7 Å². The summed E-state index contributed by atoms with van der Waals surface area (Å²) < 4.78 is 0. The van der Waals surface area contributed by atoms with Crippen LogP contribution in [0, 0.1) is 5.92 Å². The summed E-state index contributed by atoms with van der Waals surface area (Å²) >= 11 is 12.0. The predicted molar refractivity (Wildman–Crippen MR) is 92.8 cm³/mol. The number of carbonyl (C=O) groups excluding carboxylic acids is 2. The summed E-state index contributed by atoms with van der Waals surface area (Å²) in [6.07, 6.45) is 3.76. The molecule has 0 atom stereocenters. The number of nitrogens with one attached hydrogen (secondary N) is 1. The van der Waals surface area contributed by atoms with Crippen LogP contribution in [-0.4, -0.2) is 36.3 Å². The maximum atomic E-state index is 11.8. The highest BCUT2D eigenvalue weighted by Gasteiger charge is 2.24. The molecular formula is C17H22Cl2N2O2. The fourth-order valence-corrected chi connectivity index (χ4v) is 3.04. The van der Waals surface area contributed by atoms with Crippen molar-refractivity contribution in [2.24, 2.45) is 5.92 Å². The third kappa shape index (κ3) is 5.40. The van der Waals surface area contributed by atoms with Crippen LogP contribution in [-0.2, 0) is 16.0 Å². The Morgan fingerprint density at radius 2 is 2.00 bits per heavy atom. The third-order valence-corrected chi connectivity index (χ3v) is 4.86. The fraction of sp³-hybridized carbons (Fsp3) is 0.529. The van der Waals surface area contributed by atoms with E-state index in [2.05, 4.69) is 5.32 Å². The summed E-state index contributed by atoms with van der Waals surface area (Å²) in [4.78, 5) is 25.3. The van der Waals surface area contributed by atoms with Gasteiger partial charge in [0, 0.05) is 42.5 Å². The largest absolute Gasteiger partial charge is 0.354 e. The van der Waals surface area contributed by atoms with Gasteiger partial charge in [0.1, 0.15) is 0 Å². The van der Waals surface area contributed by atoms with Crippen LogP contribution in [0.2, 0.25) is 10.0 Å². The molecule has 0 aliphatic heterocycles.